The minimum absolute atomic E-state index is 0.135. The lowest BCUT2D eigenvalue weighted by molar-refractivity contribution is 0.418. The molecular weight excluding hydrogens is 262 g/mol. The molecule has 0 bridgehead atoms. The Kier molecular flexibility index (Phi) is 5.42. The van der Waals surface area contributed by atoms with Crippen LogP contribution in [0.15, 0.2) is 11.2 Å². The molecule has 98 valence electrons. The fourth-order valence-corrected chi connectivity index (χ4v) is 3.20. The quantitative estimate of drug-likeness (QED) is 0.773. The van der Waals surface area contributed by atoms with Crippen LogP contribution in [0.3, 0.4) is 0 Å². The number of hydrogen-bond donors (Lipinski definition) is 1. The molecule has 0 aliphatic carbocycles. The molecule has 7 heteroatoms. The van der Waals surface area contributed by atoms with Crippen molar-refractivity contribution in [2.24, 2.45) is 0 Å². The number of imidazole rings is 1. The summed E-state index contributed by atoms with van der Waals surface area (Å²) in [6.07, 6.45) is 3.11. The van der Waals surface area contributed by atoms with E-state index in [-0.39, 0.29) is 10.9 Å². The zero-order valence-corrected chi connectivity index (χ0v) is 11.7. The number of nitrogens with one attached hydrogen (secondary N) is 1. The minimum atomic E-state index is -3.48. The second-order valence-electron chi connectivity index (χ2n) is 3.78. The van der Waals surface area contributed by atoms with Crippen LogP contribution in [0.2, 0.25) is 0 Å². The predicted molar refractivity (Wildman–Crippen MR) is 67.7 cm³/mol. The Hall–Kier alpha value is -0.590. The van der Waals surface area contributed by atoms with Gasteiger partial charge in [0, 0.05) is 19.0 Å². The highest BCUT2D eigenvalue weighted by Gasteiger charge is 2.25. The normalized spacial score (nSPS) is 12.2. The number of rotatable bonds is 7. The van der Waals surface area contributed by atoms with Gasteiger partial charge in [-0.05, 0) is 13.3 Å². The number of H-pyrrole nitrogens is 1. The van der Waals surface area contributed by atoms with Gasteiger partial charge >= 0.3 is 0 Å². The average Bonchev–Trinajstić information content (AvgIpc) is 2.71. The summed E-state index contributed by atoms with van der Waals surface area (Å²) in [5.41, 5.74) is 0. The van der Waals surface area contributed by atoms with Crippen molar-refractivity contribution in [3.63, 3.8) is 0 Å². The van der Waals surface area contributed by atoms with Gasteiger partial charge in [-0.3, -0.25) is 0 Å². The Labute approximate surface area is 107 Å². The maximum atomic E-state index is 12.2. The Balaban J connectivity index is 2.91. The molecule has 0 amide bonds. The minimum Gasteiger partial charge on any atom is -0.332 e. The zero-order chi connectivity index (χ0) is 12.9. The standard InChI is InChI=1S/C10H18ClN3O2S/c1-3-4-6-14(7-5-11)17(15,16)10-8-12-9(2)13-10/h8H,3-7H2,1-2H3,(H,12,13). The van der Waals surface area contributed by atoms with Crippen LogP contribution in [0.5, 0.6) is 0 Å². The molecule has 0 unspecified atom stereocenters. The number of halogens is 1. The van der Waals surface area contributed by atoms with Gasteiger partial charge in [0.1, 0.15) is 5.82 Å². The highest BCUT2D eigenvalue weighted by Crippen LogP contribution is 2.14. The van der Waals surface area contributed by atoms with E-state index in [0.29, 0.717) is 18.9 Å². The molecule has 0 saturated carbocycles. The van der Waals surface area contributed by atoms with Gasteiger partial charge in [-0.2, -0.15) is 4.31 Å². The first-order chi connectivity index (χ1) is 8.02. The molecular formula is C10H18ClN3O2S. The Bertz CT molecular complexity index is 444. The summed E-state index contributed by atoms with van der Waals surface area (Å²) in [5, 5.41) is 0.135. The van der Waals surface area contributed by atoms with Crippen LogP contribution in [0.4, 0.5) is 0 Å². The van der Waals surface area contributed by atoms with Crippen molar-refractivity contribution >= 4 is 21.6 Å². The average molecular weight is 280 g/mol. The number of aryl methyl sites for hydroxylation is 1. The second kappa shape index (κ2) is 6.37. The second-order valence-corrected chi connectivity index (χ2v) is 6.06. The van der Waals surface area contributed by atoms with Gasteiger partial charge in [0.05, 0.1) is 6.20 Å². The van der Waals surface area contributed by atoms with E-state index < -0.39 is 10.0 Å². The van der Waals surface area contributed by atoms with Gasteiger partial charge in [0.2, 0.25) is 0 Å². The van der Waals surface area contributed by atoms with Crippen LogP contribution < -0.4 is 0 Å². The van der Waals surface area contributed by atoms with Crippen LogP contribution in [0, 0.1) is 6.92 Å². The fourth-order valence-electron chi connectivity index (χ4n) is 1.45. The van der Waals surface area contributed by atoms with Gasteiger partial charge in [-0.15, -0.1) is 11.6 Å². The summed E-state index contributed by atoms with van der Waals surface area (Å²) < 4.78 is 25.9. The van der Waals surface area contributed by atoms with Crippen LogP contribution in [-0.2, 0) is 10.0 Å². The van der Waals surface area contributed by atoms with E-state index in [9.17, 15) is 8.42 Å². The number of aromatic nitrogens is 2. The predicted octanol–water partition coefficient (Wildman–Crippen LogP) is 1.75. The first-order valence-electron chi connectivity index (χ1n) is 5.60. The number of hydrogen-bond acceptors (Lipinski definition) is 3. The maximum Gasteiger partial charge on any atom is 0.260 e. The van der Waals surface area contributed by atoms with Crippen molar-refractivity contribution in [1.82, 2.24) is 14.3 Å². The summed E-state index contributed by atoms with van der Waals surface area (Å²) in [4.78, 5) is 6.66. The van der Waals surface area contributed by atoms with Gasteiger partial charge in [-0.1, -0.05) is 13.3 Å². The van der Waals surface area contributed by atoms with Gasteiger partial charge < -0.3 is 4.98 Å². The third-order valence-electron chi connectivity index (χ3n) is 2.39. The third kappa shape index (κ3) is 3.69. The largest absolute Gasteiger partial charge is 0.332 e. The maximum absolute atomic E-state index is 12.2. The van der Waals surface area contributed by atoms with E-state index in [1.54, 1.807) is 6.92 Å². The molecule has 5 nitrogen and oxygen atoms in total. The van der Waals surface area contributed by atoms with Crippen molar-refractivity contribution in [2.45, 2.75) is 31.7 Å². The van der Waals surface area contributed by atoms with Crippen molar-refractivity contribution < 1.29 is 8.42 Å². The van der Waals surface area contributed by atoms with Crippen LogP contribution >= 0.6 is 11.6 Å². The van der Waals surface area contributed by atoms with Crippen molar-refractivity contribution in [3.05, 3.63) is 12.0 Å². The molecule has 0 aliphatic heterocycles. The highest BCUT2D eigenvalue weighted by atomic mass is 35.5. The number of aromatic amines is 1. The fraction of sp³-hybridized carbons (Fsp3) is 0.700. The molecule has 0 fully saturated rings. The summed E-state index contributed by atoms with van der Waals surface area (Å²) in [6, 6.07) is 0. The van der Waals surface area contributed by atoms with E-state index in [1.165, 1.54) is 10.5 Å². The van der Waals surface area contributed by atoms with Crippen molar-refractivity contribution in [3.8, 4) is 0 Å². The molecule has 0 spiro atoms. The Morgan fingerprint density at radius 3 is 2.65 bits per heavy atom. The summed E-state index contributed by atoms with van der Waals surface area (Å²) in [7, 11) is -3.48. The first-order valence-corrected chi connectivity index (χ1v) is 7.57. The smallest absolute Gasteiger partial charge is 0.260 e. The molecule has 1 heterocycles. The lowest BCUT2D eigenvalue weighted by atomic mass is 10.3. The van der Waals surface area contributed by atoms with Gasteiger partial charge in [0.15, 0.2) is 5.03 Å². The topological polar surface area (TPSA) is 66.1 Å². The number of alkyl halides is 1. The van der Waals surface area contributed by atoms with Crippen LogP contribution in [-0.4, -0.2) is 41.7 Å². The SMILES string of the molecule is CCCCN(CCCl)S(=O)(=O)c1cnc(C)[nH]1. The lowest BCUT2D eigenvalue weighted by Gasteiger charge is -2.19. The van der Waals surface area contributed by atoms with Gasteiger partial charge in [0.25, 0.3) is 10.0 Å². The molecule has 0 saturated heterocycles. The molecule has 0 atom stereocenters. The van der Waals surface area contributed by atoms with E-state index in [4.69, 9.17) is 11.6 Å². The zero-order valence-electron chi connectivity index (χ0n) is 10.1. The van der Waals surface area contributed by atoms with Gasteiger partial charge in [-0.25, -0.2) is 13.4 Å². The third-order valence-corrected chi connectivity index (χ3v) is 4.37. The number of sulfonamides is 1. The van der Waals surface area contributed by atoms with Crippen LogP contribution in [0.25, 0.3) is 0 Å². The molecule has 0 aliphatic rings. The molecule has 0 aromatic carbocycles. The molecule has 0 radical (unpaired) electrons. The first kappa shape index (κ1) is 14.5. The van der Waals surface area contributed by atoms with E-state index in [0.717, 1.165) is 12.8 Å². The number of unbranched alkanes of at least 4 members (excludes halogenated alkanes) is 1. The molecule has 1 aromatic heterocycles. The van der Waals surface area contributed by atoms with E-state index in [2.05, 4.69) is 9.97 Å². The summed E-state index contributed by atoms with van der Waals surface area (Å²) in [5.74, 6) is 0.876. The van der Waals surface area contributed by atoms with E-state index >= 15 is 0 Å². The summed E-state index contributed by atoms with van der Waals surface area (Å²) in [6.45, 7) is 4.55. The Morgan fingerprint density at radius 2 is 2.18 bits per heavy atom. The molecule has 17 heavy (non-hydrogen) atoms. The van der Waals surface area contributed by atoms with Crippen molar-refractivity contribution in [1.29, 1.82) is 0 Å². The van der Waals surface area contributed by atoms with E-state index in [1.807, 2.05) is 6.92 Å². The molecule has 1 aromatic rings. The summed E-state index contributed by atoms with van der Waals surface area (Å²) >= 11 is 5.64. The van der Waals surface area contributed by atoms with Crippen LogP contribution in [0.1, 0.15) is 25.6 Å². The monoisotopic (exact) mass is 279 g/mol. The molecule has 1 rings (SSSR count). The van der Waals surface area contributed by atoms with Crippen molar-refractivity contribution in [2.75, 3.05) is 19.0 Å². The lowest BCUT2D eigenvalue weighted by Crippen LogP contribution is -2.34. The highest BCUT2D eigenvalue weighted by molar-refractivity contribution is 7.89. The number of nitrogens with zero attached hydrogens (tertiary/aromatic N) is 2. The molecule has 1 N–H and O–H groups in total. The Morgan fingerprint density at radius 1 is 1.47 bits per heavy atom.